The zero-order valence-electron chi connectivity index (χ0n) is 9.45. The Morgan fingerprint density at radius 2 is 1.93 bits per heavy atom. The number of aliphatic carboxylic acids is 1. The number of carbonyl (C=O) groups is 1. The van der Waals surface area contributed by atoms with Crippen molar-refractivity contribution in [1.29, 1.82) is 0 Å². The molecule has 1 aliphatic rings. The minimum absolute atomic E-state index is 0.267. The van der Waals surface area contributed by atoms with Crippen LogP contribution in [0.4, 0.5) is 0 Å². The van der Waals surface area contributed by atoms with Gasteiger partial charge in [-0.25, -0.2) is 0 Å². The molecule has 1 saturated heterocycles. The Labute approximate surface area is 96.2 Å². The molecule has 0 spiro atoms. The van der Waals surface area contributed by atoms with Gasteiger partial charge >= 0.3 is 5.97 Å². The Kier molecular flexibility index (Phi) is 6.10. The van der Waals surface area contributed by atoms with E-state index >= 15 is 0 Å². The van der Waals surface area contributed by atoms with Gasteiger partial charge < -0.3 is 10.0 Å². The average Bonchev–Trinajstić information content (AvgIpc) is 2.46. The van der Waals surface area contributed by atoms with E-state index < -0.39 is 5.97 Å². The second-order valence-electron chi connectivity index (χ2n) is 4.11. The molecule has 0 saturated carbocycles. The number of thioether (sulfide) groups is 1. The van der Waals surface area contributed by atoms with E-state index in [-0.39, 0.29) is 5.25 Å². The summed E-state index contributed by atoms with van der Waals surface area (Å²) in [5.41, 5.74) is 0. The molecule has 0 radical (unpaired) electrons. The summed E-state index contributed by atoms with van der Waals surface area (Å²) in [6.45, 7) is 5.20. The highest BCUT2D eigenvalue weighted by molar-refractivity contribution is 8.00. The van der Waals surface area contributed by atoms with E-state index in [1.807, 2.05) is 0 Å². The van der Waals surface area contributed by atoms with Gasteiger partial charge in [-0.05, 0) is 32.9 Å². The Morgan fingerprint density at radius 3 is 2.47 bits per heavy atom. The van der Waals surface area contributed by atoms with Crippen molar-refractivity contribution in [3.05, 3.63) is 0 Å². The number of hydrogen-bond donors (Lipinski definition) is 1. The van der Waals surface area contributed by atoms with Crippen molar-refractivity contribution >= 4 is 17.7 Å². The molecule has 1 unspecified atom stereocenters. The first kappa shape index (κ1) is 12.8. The minimum atomic E-state index is -0.698. The van der Waals surface area contributed by atoms with Crippen LogP contribution in [-0.2, 0) is 4.79 Å². The number of likely N-dealkylation sites (tertiary alicyclic amines) is 1. The van der Waals surface area contributed by atoms with Gasteiger partial charge in [0.25, 0.3) is 0 Å². The molecule has 1 fully saturated rings. The lowest BCUT2D eigenvalue weighted by molar-refractivity contribution is -0.136. The fourth-order valence-electron chi connectivity index (χ4n) is 1.79. The normalized spacial score (nSPS) is 20.9. The van der Waals surface area contributed by atoms with Gasteiger partial charge in [-0.3, -0.25) is 4.79 Å². The highest BCUT2D eigenvalue weighted by Gasteiger charge is 2.13. The molecule has 15 heavy (non-hydrogen) atoms. The van der Waals surface area contributed by atoms with Crippen molar-refractivity contribution in [3.8, 4) is 0 Å². The third-order valence-corrected chi connectivity index (χ3v) is 3.94. The lowest BCUT2D eigenvalue weighted by Gasteiger charge is -2.19. The van der Waals surface area contributed by atoms with Crippen LogP contribution in [0.25, 0.3) is 0 Å². The number of nitrogens with zero attached hydrogens (tertiary/aromatic N) is 1. The summed E-state index contributed by atoms with van der Waals surface area (Å²) < 4.78 is 0. The SMILES string of the molecule is CC(SCCN1CCCCCC1)C(=O)O. The van der Waals surface area contributed by atoms with Crippen LogP contribution in [0.5, 0.6) is 0 Å². The summed E-state index contributed by atoms with van der Waals surface area (Å²) in [4.78, 5) is 13.1. The van der Waals surface area contributed by atoms with E-state index in [0.29, 0.717) is 0 Å². The first-order valence-corrected chi connectivity index (χ1v) is 6.82. The van der Waals surface area contributed by atoms with Crippen LogP contribution in [0.3, 0.4) is 0 Å². The van der Waals surface area contributed by atoms with E-state index in [2.05, 4.69) is 4.90 Å². The highest BCUT2D eigenvalue weighted by atomic mass is 32.2. The standard InChI is InChI=1S/C11H21NO2S/c1-10(11(13)14)15-9-8-12-6-4-2-3-5-7-12/h10H,2-9H2,1H3,(H,13,14). The third-order valence-electron chi connectivity index (χ3n) is 2.82. The van der Waals surface area contributed by atoms with Crippen molar-refractivity contribution in [2.45, 2.75) is 37.9 Å². The maximum atomic E-state index is 10.6. The topological polar surface area (TPSA) is 40.5 Å². The predicted molar refractivity (Wildman–Crippen MR) is 64.5 cm³/mol. The van der Waals surface area contributed by atoms with Gasteiger partial charge in [-0.2, -0.15) is 0 Å². The Morgan fingerprint density at radius 1 is 1.33 bits per heavy atom. The van der Waals surface area contributed by atoms with Gasteiger partial charge in [0.2, 0.25) is 0 Å². The first-order chi connectivity index (χ1) is 7.20. The van der Waals surface area contributed by atoms with Crippen molar-refractivity contribution in [2.24, 2.45) is 0 Å². The first-order valence-electron chi connectivity index (χ1n) is 5.77. The van der Waals surface area contributed by atoms with Crippen molar-refractivity contribution in [1.82, 2.24) is 4.90 Å². The van der Waals surface area contributed by atoms with Crippen LogP contribution in [0.2, 0.25) is 0 Å². The zero-order valence-corrected chi connectivity index (χ0v) is 10.3. The summed E-state index contributed by atoms with van der Waals surface area (Å²) in [5.74, 6) is 0.240. The van der Waals surface area contributed by atoms with Gasteiger partial charge in [0.1, 0.15) is 0 Å². The molecule has 0 aliphatic carbocycles. The zero-order chi connectivity index (χ0) is 11.1. The van der Waals surface area contributed by atoms with Crippen molar-refractivity contribution in [2.75, 3.05) is 25.4 Å². The van der Waals surface area contributed by atoms with Crippen LogP contribution >= 0.6 is 11.8 Å². The highest BCUT2D eigenvalue weighted by Crippen LogP contribution is 2.13. The third kappa shape index (κ3) is 5.42. The van der Waals surface area contributed by atoms with Crippen molar-refractivity contribution in [3.63, 3.8) is 0 Å². The summed E-state index contributed by atoms with van der Waals surface area (Å²) in [6, 6.07) is 0. The second kappa shape index (κ2) is 7.12. The molecule has 3 nitrogen and oxygen atoms in total. The van der Waals surface area contributed by atoms with Crippen LogP contribution in [0.1, 0.15) is 32.6 Å². The molecular formula is C11H21NO2S. The quantitative estimate of drug-likeness (QED) is 0.786. The predicted octanol–water partition coefficient (Wildman–Crippen LogP) is 2.07. The maximum Gasteiger partial charge on any atom is 0.316 e. The van der Waals surface area contributed by atoms with E-state index in [1.54, 1.807) is 18.7 Å². The fraction of sp³-hybridized carbons (Fsp3) is 0.909. The molecule has 1 aliphatic heterocycles. The number of carboxylic acid groups (broad SMARTS) is 1. The Bertz CT molecular complexity index is 191. The molecule has 4 heteroatoms. The summed E-state index contributed by atoms with van der Waals surface area (Å²) in [6.07, 6.45) is 5.32. The second-order valence-corrected chi connectivity index (χ2v) is 5.56. The van der Waals surface area contributed by atoms with Crippen LogP contribution in [-0.4, -0.2) is 46.6 Å². The Hall–Kier alpha value is -0.220. The Balaban J connectivity index is 2.10. The van der Waals surface area contributed by atoms with E-state index in [4.69, 9.17) is 5.11 Å². The molecule has 1 atom stereocenters. The lowest BCUT2D eigenvalue weighted by Crippen LogP contribution is -2.28. The molecule has 1 heterocycles. The van der Waals surface area contributed by atoms with Gasteiger partial charge in [-0.15, -0.1) is 11.8 Å². The lowest BCUT2D eigenvalue weighted by atomic mass is 10.2. The average molecular weight is 231 g/mol. The maximum absolute atomic E-state index is 10.6. The largest absolute Gasteiger partial charge is 0.480 e. The summed E-state index contributed by atoms with van der Waals surface area (Å²) in [5, 5.41) is 8.46. The van der Waals surface area contributed by atoms with Crippen LogP contribution < -0.4 is 0 Å². The summed E-state index contributed by atoms with van der Waals surface area (Å²) >= 11 is 1.54. The number of carboxylic acids is 1. The van der Waals surface area contributed by atoms with Gasteiger partial charge in [0, 0.05) is 12.3 Å². The van der Waals surface area contributed by atoms with Gasteiger partial charge in [0.15, 0.2) is 0 Å². The molecule has 0 bridgehead atoms. The molecule has 0 aromatic carbocycles. The van der Waals surface area contributed by atoms with Crippen molar-refractivity contribution < 1.29 is 9.90 Å². The molecule has 0 aromatic rings. The van der Waals surface area contributed by atoms with Crippen LogP contribution in [0.15, 0.2) is 0 Å². The fourth-order valence-corrected chi connectivity index (χ4v) is 2.65. The van der Waals surface area contributed by atoms with E-state index in [0.717, 1.165) is 12.3 Å². The molecule has 1 N–H and O–H groups in total. The monoisotopic (exact) mass is 231 g/mol. The molecule has 88 valence electrons. The molecular weight excluding hydrogens is 210 g/mol. The molecule has 1 rings (SSSR count). The molecule has 0 aromatic heterocycles. The van der Waals surface area contributed by atoms with E-state index in [9.17, 15) is 4.79 Å². The number of hydrogen-bond acceptors (Lipinski definition) is 3. The molecule has 0 amide bonds. The van der Waals surface area contributed by atoms with E-state index in [1.165, 1.54) is 38.8 Å². The van der Waals surface area contributed by atoms with Crippen LogP contribution in [0, 0.1) is 0 Å². The number of rotatable bonds is 5. The van der Waals surface area contributed by atoms with Gasteiger partial charge in [-0.1, -0.05) is 12.8 Å². The summed E-state index contributed by atoms with van der Waals surface area (Å²) in [7, 11) is 0. The smallest absolute Gasteiger partial charge is 0.316 e. The van der Waals surface area contributed by atoms with Gasteiger partial charge in [0.05, 0.1) is 5.25 Å². The minimum Gasteiger partial charge on any atom is -0.480 e.